The summed E-state index contributed by atoms with van der Waals surface area (Å²) in [6, 6.07) is 10.1. The number of rotatable bonds is 3. The molecule has 3 aromatic rings. The van der Waals surface area contributed by atoms with Gasteiger partial charge in [0.1, 0.15) is 5.75 Å². The van der Waals surface area contributed by atoms with E-state index >= 15 is 0 Å². The lowest BCUT2D eigenvalue weighted by Gasteiger charge is -2.12. The van der Waals surface area contributed by atoms with Gasteiger partial charge < -0.3 is 4.74 Å². The van der Waals surface area contributed by atoms with Crippen molar-refractivity contribution in [3.63, 3.8) is 0 Å². The number of methoxy groups -OCH3 is 1. The SMILES string of the molecule is COc1cc(-c2nccc3cc(S(=O)(=O)O)ccc23)c(C)cc1I. The van der Waals surface area contributed by atoms with Crippen LogP contribution in [0.25, 0.3) is 22.0 Å². The average Bonchev–Trinajstić information content (AvgIpc) is 2.53. The van der Waals surface area contributed by atoms with Crippen LogP contribution in [0, 0.1) is 10.5 Å². The quantitative estimate of drug-likeness (QED) is 0.476. The first-order chi connectivity index (χ1) is 11.3. The fourth-order valence-corrected chi connectivity index (χ4v) is 3.95. The molecular weight excluding hydrogens is 441 g/mol. The Labute approximate surface area is 153 Å². The first kappa shape index (κ1) is 17.1. The second-order valence-corrected chi connectivity index (χ2v) is 7.90. The molecule has 0 bridgehead atoms. The van der Waals surface area contributed by atoms with Crippen molar-refractivity contribution in [3.8, 4) is 17.0 Å². The van der Waals surface area contributed by atoms with Crippen LogP contribution in [0.3, 0.4) is 0 Å². The van der Waals surface area contributed by atoms with Crippen LogP contribution < -0.4 is 4.74 Å². The molecule has 0 aliphatic carbocycles. The van der Waals surface area contributed by atoms with E-state index in [1.54, 1.807) is 25.4 Å². The van der Waals surface area contributed by atoms with Gasteiger partial charge in [0, 0.05) is 17.1 Å². The summed E-state index contributed by atoms with van der Waals surface area (Å²) < 4.78 is 38.3. The Morgan fingerprint density at radius 2 is 1.92 bits per heavy atom. The molecule has 0 spiro atoms. The standard InChI is InChI=1S/C17H14INO4S/c1-10-7-15(18)16(23-2)9-14(10)17-13-4-3-12(24(20,21)22)8-11(13)5-6-19-17/h3-9H,1-2H3,(H,20,21,22). The molecule has 5 nitrogen and oxygen atoms in total. The summed E-state index contributed by atoms with van der Waals surface area (Å²) in [6.45, 7) is 1.99. The smallest absolute Gasteiger partial charge is 0.294 e. The lowest BCUT2D eigenvalue weighted by molar-refractivity contribution is 0.412. The number of hydrogen-bond donors (Lipinski definition) is 1. The zero-order valence-electron chi connectivity index (χ0n) is 12.9. The van der Waals surface area contributed by atoms with Crippen LogP contribution in [0.2, 0.25) is 0 Å². The van der Waals surface area contributed by atoms with Gasteiger partial charge in [-0.1, -0.05) is 6.07 Å². The lowest BCUT2D eigenvalue weighted by atomic mass is 10.00. The zero-order valence-corrected chi connectivity index (χ0v) is 15.9. The Balaban J connectivity index is 2.28. The predicted octanol–water partition coefficient (Wildman–Crippen LogP) is 4.07. The van der Waals surface area contributed by atoms with E-state index in [1.165, 1.54) is 12.1 Å². The molecule has 0 aliphatic heterocycles. The van der Waals surface area contributed by atoms with E-state index in [9.17, 15) is 13.0 Å². The molecule has 0 fully saturated rings. The minimum Gasteiger partial charge on any atom is -0.496 e. The van der Waals surface area contributed by atoms with E-state index in [0.717, 1.165) is 31.5 Å². The molecule has 0 aliphatic rings. The van der Waals surface area contributed by atoms with Crippen LogP contribution in [0.1, 0.15) is 5.56 Å². The first-order valence-electron chi connectivity index (χ1n) is 7.02. The van der Waals surface area contributed by atoms with E-state index in [4.69, 9.17) is 4.74 Å². The lowest BCUT2D eigenvalue weighted by Crippen LogP contribution is -1.98. The number of hydrogen-bond acceptors (Lipinski definition) is 4. The highest BCUT2D eigenvalue weighted by atomic mass is 127. The predicted molar refractivity (Wildman–Crippen MR) is 101 cm³/mol. The molecule has 2 aromatic carbocycles. The number of nitrogens with zero attached hydrogens (tertiary/aromatic N) is 1. The van der Waals surface area contributed by atoms with Gasteiger partial charge in [-0.25, -0.2) is 0 Å². The molecule has 0 radical (unpaired) electrons. The third-order valence-corrected chi connectivity index (χ3v) is 5.48. The van der Waals surface area contributed by atoms with Gasteiger partial charge in [-0.2, -0.15) is 8.42 Å². The molecular formula is C17H14INO4S. The fourth-order valence-electron chi connectivity index (χ4n) is 2.60. The molecule has 24 heavy (non-hydrogen) atoms. The first-order valence-corrected chi connectivity index (χ1v) is 9.54. The van der Waals surface area contributed by atoms with Gasteiger partial charge in [0.05, 0.1) is 21.3 Å². The van der Waals surface area contributed by atoms with Gasteiger partial charge in [-0.15, -0.1) is 0 Å². The maximum Gasteiger partial charge on any atom is 0.294 e. The highest BCUT2D eigenvalue weighted by molar-refractivity contribution is 14.1. The minimum atomic E-state index is -4.24. The summed E-state index contributed by atoms with van der Waals surface area (Å²) in [7, 11) is -2.62. The molecule has 1 N–H and O–H groups in total. The van der Waals surface area contributed by atoms with E-state index < -0.39 is 10.1 Å². The van der Waals surface area contributed by atoms with Crippen molar-refractivity contribution in [1.82, 2.24) is 4.98 Å². The molecule has 7 heteroatoms. The molecule has 0 saturated carbocycles. The van der Waals surface area contributed by atoms with Gasteiger partial charge in [0.15, 0.2) is 0 Å². The van der Waals surface area contributed by atoms with Crippen LogP contribution in [-0.2, 0) is 10.1 Å². The highest BCUT2D eigenvalue weighted by Crippen LogP contribution is 2.34. The molecule has 1 aromatic heterocycles. The van der Waals surface area contributed by atoms with E-state index in [1.807, 2.05) is 19.1 Å². The summed E-state index contributed by atoms with van der Waals surface area (Å²) in [5.74, 6) is 0.754. The van der Waals surface area contributed by atoms with Crippen molar-refractivity contribution in [2.45, 2.75) is 11.8 Å². The molecule has 0 unspecified atom stereocenters. The van der Waals surface area contributed by atoms with Crippen molar-refractivity contribution in [1.29, 1.82) is 0 Å². The largest absolute Gasteiger partial charge is 0.496 e. The van der Waals surface area contributed by atoms with Crippen LogP contribution in [-0.4, -0.2) is 25.1 Å². The van der Waals surface area contributed by atoms with E-state index in [2.05, 4.69) is 27.6 Å². The van der Waals surface area contributed by atoms with Crippen molar-refractivity contribution in [2.75, 3.05) is 7.11 Å². The maximum absolute atomic E-state index is 11.3. The van der Waals surface area contributed by atoms with E-state index in [-0.39, 0.29) is 4.90 Å². The monoisotopic (exact) mass is 455 g/mol. The Morgan fingerprint density at radius 1 is 1.17 bits per heavy atom. The summed E-state index contributed by atoms with van der Waals surface area (Å²) >= 11 is 2.21. The maximum atomic E-state index is 11.3. The van der Waals surface area contributed by atoms with Gasteiger partial charge in [0.2, 0.25) is 0 Å². The summed E-state index contributed by atoms with van der Waals surface area (Å²) in [6.07, 6.45) is 1.62. The number of aromatic nitrogens is 1. The molecule has 3 rings (SSSR count). The van der Waals surface area contributed by atoms with Gasteiger partial charge in [-0.05, 0) is 70.8 Å². The third kappa shape index (κ3) is 3.11. The topological polar surface area (TPSA) is 76.5 Å². The Kier molecular flexibility index (Phi) is 4.50. The molecule has 0 amide bonds. The van der Waals surface area contributed by atoms with Gasteiger partial charge in [-0.3, -0.25) is 9.54 Å². The second kappa shape index (κ2) is 6.30. The number of pyridine rings is 1. The Bertz CT molecular complexity index is 1050. The van der Waals surface area contributed by atoms with Crippen LogP contribution >= 0.6 is 22.6 Å². The number of ether oxygens (including phenoxy) is 1. The Morgan fingerprint density at radius 3 is 2.58 bits per heavy atom. The van der Waals surface area contributed by atoms with Crippen LogP contribution in [0.15, 0.2) is 47.5 Å². The van der Waals surface area contributed by atoms with Crippen molar-refractivity contribution < 1.29 is 17.7 Å². The van der Waals surface area contributed by atoms with Crippen molar-refractivity contribution in [2.24, 2.45) is 0 Å². The molecule has 124 valence electrons. The van der Waals surface area contributed by atoms with Crippen LogP contribution in [0.4, 0.5) is 0 Å². The van der Waals surface area contributed by atoms with Crippen molar-refractivity contribution >= 4 is 43.5 Å². The highest BCUT2D eigenvalue weighted by Gasteiger charge is 2.15. The summed E-state index contributed by atoms with van der Waals surface area (Å²) in [4.78, 5) is 4.33. The minimum absolute atomic E-state index is 0.135. The third-order valence-electron chi connectivity index (χ3n) is 3.79. The van der Waals surface area contributed by atoms with Crippen molar-refractivity contribution in [3.05, 3.63) is 51.7 Å². The van der Waals surface area contributed by atoms with Crippen LogP contribution in [0.5, 0.6) is 5.75 Å². The van der Waals surface area contributed by atoms with Gasteiger partial charge >= 0.3 is 0 Å². The number of aryl methyl sites for hydroxylation is 1. The second-order valence-electron chi connectivity index (χ2n) is 5.32. The Hall–Kier alpha value is -1.71. The number of fused-ring (bicyclic) bond motifs is 1. The summed E-state index contributed by atoms with van der Waals surface area (Å²) in [5.41, 5.74) is 2.69. The molecule has 1 heterocycles. The summed E-state index contributed by atoms with van der Waals surface area (Å²) in [5, 5.41) is 1.49. The average molecular weight is 455 g/mol. The number of halogens is 1. The van der Waals surface area contributed by atoms with E-state index in [0.29, 0.717) is 5.39 Å². The fraction of sp³-hybridized carbons (Fsp3) is 0.118. The zero-order chi connectivity index (χ0) is 17.5. The van der Waals surface area contributed by atoms with Gasteiger partial charge in [0.25, 0.3) is 10.1 Å². The number of benzene rings is 2. The normalized spacial score (nSPS) is 11.7. The molecule has 0 saturated heterocycles. The molecule has 0 atom stereocenters.